The highest BCUT2D eigenvalue weighted by Crippen LogP contribution is 2.35. The predicted molar refractivity (Wildman–Crippen MR) is 106 cm³/mol. The van der Waals surface area contributed by atoms with E-state index >= 15 is 0 Å². The first kappa shape index (κ1) is 18.6. The Bertz CT molecular complexity index is 975. The van der Waals surface area contributed by atoms with Crippen molar-refractivity contribution in [3.63, 3.8) is 0 Å². The number of fused-ring (bicyclic) bond motifs is 1. The van der Waals surface area contributed by atoms with Crippen LogP contribution in [0.2, 0.25) is 0 Å². The number of aromatic nitrogens is 2. The molecular weight excluding hydrogens is 357 g/mol. The zero-order chi connectivity index (χ0) is 19.6. The second-order valence-electron chi connectivity index (χ2n) is 7.26. The second kappa shape index (κ2) is 7.72. The molecule has 1 amide bonds. The second-order valence-corrected chi connectivity index (χ2v) is 7.26. The number of carbonyl (C=O) groups excluding carboxylic acids is 1. The topological polar surface area (TPSA) is 56.2 Å². The molecule has 0 aliphatic carbocycles. The maximum atomic E-state index is 13.4. The molecule has 1 aromatic heterocycles. The van der Waals surface area contributed by atoms with Crippen molar-refractivity contribution in [2.45, 2.75) is 31.7 Å². The smallest absolute Gasteiger partial charge is 0.230 e. The number of rotatable bonds is 5. The third kappa shape index (κ3) is 3.40. The van der Waals surface area contributed by atoms with Gasteiger partial charge in [-0.25, -0.2) is 9.37 Å². The number of carbonyl (C=O) groups is 1. The molecule has 28 heavy (non-hydrogen) atoms. The summed E-state index contributed by atoms with van der Waals surface area (Å²) in [7, 11) is 0. The molecule has 5 nitrogen and oxygen atoms in total. The molecule has 1 aliphatic rings. The SMILES string of the molecule is Cc1nc2ccccc2n1CCNC(=O)C1(c2ccc(F)cc2)CCOCC1. The normalized spacial score (nSPS) is 16.2. The summed E-state index contributed by atoms with van der Waals surface area (Å²) in [4.78, 5) is 17.8. The van der Waals surface area contributed by atoms with Gasteiger partial charge in [-0.05, 0) is 49.6 Å². The van der Waals surface area contributed by atoms with E-state index in [9.17, 15) is 9.18 Å². The molecule has 0 radical (unpaired) electrons. The fourth-order valence-corrected chi connectivity index (χ4v) is 4.06. The number of benzene rings is 2. The molecule has 1 N–H and O–H groups in total. The summed E-state index contributed by atoms with van der Waals surface area (Å²) in [6.07, 6.45) is 1.19. The van der Waals surface area contributed by atoms with E-state index in [0.717, 1.165) is 22.4 Å². The van der Waals surface area contributed by atoms with E-state index in [1.807, 2.05) is 31.2 Å². The van der Waals surface area contributed by atoms with E-state index in [1.165, 1.54) is 12.1 Å². The summed E-state index contributed by atoms with van der Waals surface area (Å²) in [5.74, 6) is 0.605. The minimum Gasteiger partial charge on any atom is -0.381 e. The molecule has 146 valence electrons. The molecule has 0 spiro atoms. The van der Waals surface area contributed by atoms with Gasteiger partial charge >= 0.3 is 0 Å². The Balaban J connectivity index is 1.50. The number of hydrogen-bond acceptors (Lipinski definition) is 3. The summed E-state index contributed by atoms with van der Waals surface area (Å²) < 4.78 is 21.0. The van der Waals surface area contributed by atoms with Crippen molar-refractivity contribution in [3.8, 4) is 0 Å². The number of para-hydroxylation sites is 2. The van der Waals surface area contributed by atoms with Gasteiger partial charge in [0.05, 0.1) is 16.4 Å². The van der Waals surface area contributed by atoms with Crippen molar-refractivity contribution >= 4 is 16.9 Å². The first-order valence-electron chi connectivity index (χ1n) is 9.64. The van der Waals surface area contributed by atoms with Gasteiger partial charge in [0, 0.05) is 26.3 Å². The lowest BCUT2D eigenvalue weighted by molar-refractivity contribution is -0.130. The lowest BCUT2D eigenvalue weighted by Crippen LogP contribution is -2.48. The number of amides is 1. The maximum Gasteiger partial charge on any atom is 0.230 e. The summed E-state index contributed by atoms with van der Waals surface area (Å²) in [6, 6.07) is 14.3. The minimum atomic E-state index is -0.669. The minimum absolute atomic E-state index is 0.0236. The number of nitrogens with zero attached hydrogens (tertiary/aromatic N) is 2. The Kier molecular flexibility index (Phi) is 5.13. The Morgan fingerprint density at radius 2 is 1.89 bits per heavy atom. The number of nitrogens with one attached hydrogen (secondary N) is 1. The third-order valence-electron chi connectivity index (χ3n) is 5.64. The highest BCUT2D eigenvalue weighted by atomic mass is 19.1. The molecule has 0 saturated carbocycles. The van der Waals surface area contributed by atoms with E-state index in [-0.39, 0.29) is 11.7 Å². The molecule has 1 aliphatic heterocycles. The lowest BCUT2D eigenvalue weighted by Gasteiger charge is -2.36. The molecule has 6 heteroatoms. The summed E-state index contributed by atoms with van der Waals surface area (Å²) in [6.45, 7) is 4.17. The summed E-state index contributed by atoms with van der Waals surface area (Å²) in [5, 5.41) is 3.10. The first-order valence-corrected chi connectivity index (χ1v) is 9.64. The fourth-order valence-electron chi connectivity index (χ4n) is 4.06. The van der Waals surface area contributed by atoms with Crippen LogP contribution >= 0.6 is 0 Å². The monoisotopic (exact) mass is 381 g/mol. The Labute approximate surface area is 163 Å². The van der Waals surface area contributed by atoms with Crippen molar-refractivity contribution in [2.24, 2.45) is 0 Å². The highest BCUT2D eigenvalue weighted by Gasteiger charge is 2.41. The Morgan fingerprint density at radius 1 is 1.18 bits per heavy atom. The Morgan fingerprint density at radius 3 is 2.64 bits per heavy atom. The molecule has 3 aromatic rings. The molecular formula is C22H24FN3O2. The zero-order valence-electron chi connectivity index (χ0n) is 16.0. The molecule has 1 fully saturated rings. The molecule has 0 unspecified atom stereocenters. The summed E-state index contributed by atoms with van der Waals surface area (Å²) >= 11 is 0. The van der Waals surface area contributed by atoms with Crippen LogP contribution in [0.1, 0.15) is 24.2 Å². The molecule has 1 saturated heterocycles. The van der Waals surface area contributed by atoms with Crippen molar-refractivity contribution in [3.05, 3.63) is 65.7 Å². The van der Waals surface area contributed by atoms with Gasteiger partial charge in [0.1, 0.15) is 11.6 Å². The van der Waals surface area contributed by atoms with Crippen LogP contribution in [0.25, 0.3) is 11.0 Å². The number of imidazole rings is 1. The van der Waals surface area contributed by atoms with Crippen LogP contribution in [0.4, 0.5) is 4.39 Å². The van der Waals surface area contributed by atoms with Crippen molar-refractivity contribution in [1.29, 1.82) is 0 Å². The molecule has 4 rings (SSSR count). The van der Waals surface area contributed by atoms with Crippen molar-refractivity contribution < 1.29 is 13.9 Å². The standard InChI is InChI=1S/C22H24FN3O2/c1-16-25-19-4-2-3-5-20(19)26(16)13-12-24-21(27)22(10-14-28-15-11-22)17-6-8-18(23)9-7-17/h2-9H,10-15H2,1H3,(H,24,27). The third-order valence-corrected chi connectivity index (χ3v) is 5.64. The van der Waals surface area contributed by atoms with Crippen LogP contribution in [0.3, 0.4) is 0 Å². The van der Waals surface area contributed by atoms with E-state index in [4.69, 9.17) is 4.74 Å². The van der Waals surface area contributed by atoms with E-state index in [1.54, 1.807) is 12.1 Å². The molecule has 0 atom stereocenters. The average molecular weight is 381 g/mol. The number of ether oxygens (including phenoxy) is 1. The predicted octanol–water partition coefficient (Wildman–Crippen LogP) is 3.35. The highest BCUT2D eigenvalue weighted by molar-refractivity contribution is 5.88. The fraction of sp³-hybridized carbons (Fsp3) is 0.364. The van der Waals surface area contributed by atoms with E-state index < -0.39 is 5.41 Å². The molecule has 2 heterocycles. The van der Waals surface area contributed by atoms with Crippen LogP contribution in [-0.4, -0.2) is 35.2 Å². The van der Waals surface area contributed by atoms with Gasteiger partial charge in [0.15, 0.2) is 0 Å². The quantitative estimate of drug-likeness (QED) is 0.737. The van der Waals surface area contributed by atoms with Gasteiger partial charge in [-0.3, -0.25) is 4.79 Å². The van der Waals surface area contributed by atoms with E-state index in [2.05, 4.69) is 14.9 Å². The van der Waals surface area contributed by atoms with Gasteiger partial charge in [0.25, 0.3) is 0 Å². The van der Waals surface area contributed by atoms with Crippen molar-refractivity contribution in [2.75, 3.05) is 19.8 Å². The maximum absolute atomic E-state index is 13.4. The van der Waals surface area contributed by atoms with Crippen LogP contribution in [-0.2, 0) is 21.5 Å². The largest absolute Gasteiger partial charge is 0.381 e. The first-order chi connectivity index (χ1) is 13.6. The van der Waals surface area contributed by atoms with Gasteiger partial charge in [0.2, 0.25) is 5.91 Å². The van der Waals surface area contributed by atoms with Gasteiger partial charge in [-0.1, -0.05) is 24.3 Å². The zero-order valence-corrected chi connectivity index (χ0v) is 16.0. The van der Waals surface area contributed by atoms with Gasteiger partial charge in [-0.2, -0.15) is 0 Å². The van der Waals surface area contributed by atoms with E-state index in [0.29, 0.717) is 39.1 Å². The van der Waals surface area contributed by atoms with Gasteiger partial charge < -0.3 is 14.6 Å². The number of hydrogen-bond donors (Lipinski definition) is 1. The Hall–Kier alpha value is -2.73. The average Bonchev–Trinajstić information content (AvgIpc) is 3.04. The van der Waals surface area contributed by atoms with Gasteiger partial charge in [-0.15, -0.1) is 0 Å². The molecule has 0 bridgehead atoms. The summed E-state index contributed by atoms with van der Waals surface area (Å²) in [5.41, 5.74) is 2.20. The van der Waals surface area contributed by atoms with Crippen LogP contribution < -0.4 is 5.32 Å². The number of halogens is 1. The van der Waals surface area contributed by atoms with Crippen molar-refractivity contribution in [1.82, 2.24) is 14.9 Å². The van der Waals surface area contributed by atoms with Crippen LogP contribution in [0, 0.1) is 12.7 Å². The molecule has 2 aromatic carbocycles. The number of aryl methyl sites for hydroxylation is 1. The lowest BCUT2D eigenvalue weighted by atomic mass is 9.73. The van der Waals surface area contributed by atoms with Crippen LogP contribution in [0.5, 0.6) is 0 Å². The van der Waals surface area contributed by atoms with Crippen LogP contribution in [0.15, 0.2) is 48.5 Å².